The molecule has 6 heteroatoms. The van der Waals surface area contributed by atoms with Crippen LogP contribution in [0.1, 0.15) is 10.4 Å². The molecule has 1 rings (SSSR count). The van der Waals surface area contributed by atoms with Gasteiger partial charge in [-0.2, -0.15) is 0 Å². The van der Waals surface area contributed by atoms with Crippen molar-refractivity contribution in [2.45, 2.75) is 0 Å². The fourth-order valence-electron chi connectivity index (χ4n) is 0.654. The van der Waals surface area contributed by atoms with E-state index >= 15 is 0 Å². The number of hydrogen-bond donors (Lipinski definition) is 2. The van der Waals surface area contributed by atoms with Crippen molar-refractivity contribution in [3.63, 3.8) is 0 Å². The van der Waals surface area contributed by atoms with Gasteiger partial charge in [0.25, 0.3) is 0 Å². The van der Waals surface area contributed by atoms with Crippen LogP contribution in [-0.2, 0) is 21.1 Å². The first-order valence-electron chi connectivity index (χ1n) is 2.73. The standard InChI is InChI=1S/C7H6O3.2H2N.Pt/c8-6-4-2-1-3-5(6)7(9)10;;;/h1-4,8H,(H,9,10);2*1H2;/q;2*-1;+2. The molecule has 6 N–H and O–H groups in total. The van der Waals surface area contributed by atoms with Crippen LogP contribution in [0.2, 0.25) is 0 Å². The molecule has 0 spiro atoms. The van der Waals surface area contributed by atoms with Gasteiger partial charge in [-0.1, -0.05) is 12.1 Å². The third-order valence-electron chi connectivity index (χ3n) is 1.13. The first kappa shape index (κ1) is 18.0. The second-order valence-electron chi connectivity index (χ2n) is 1.82. The molecular weight excluding hydrogens is 355 g/mol. The monoisotopic (exact) mass is 365 g/mol. The van der Waals surface area contributed by atoms with Gasteiger partial charge in [-0.15, -0.1) is 0 Å². The van der Waals surface area contributed by atoms with Crippen LogP contribution < -0.4 is 0 Å². The molecule has 0 bridgehead atoms. The third-order valence-corrected chi connectivity index (χ3v) is 1.13. The number of carbonyl (C=O) groups is 1. The first-order valence-corrected chi connectivity index (χ1v) is 2.73. The summed E-state index contributed by atoms with van der Waals surface area (Å²) < 4.78 is 0. The van der Waals surface area contributed by atoms with Gasteiger partial charge in [0.2, 0.25) is 0 Å². The maximum absolute atomic E-state index is 10.3. The molecule has 0 saturated carbocycles. The molecule has 0 unspecified atom stereocenters. The second-order valence-corrected chi connectivity index (χ2v) is 1.82. The molecule has 0 aliphatic carbocycles. The van der Waals surface area contributed by atoms with Crippen molar-refractivity contribution >= 4 is 5.97 Å². The Kier molecular flexibility index (Phi) is 10.7. The number of carboxylic acids is 1. The van der Waals surface area contributed by atoms with Crippen molar-refractivity contribution in [3.8, 4) is 5.75 Å². The average Bonchev–Trinajstić information content (AvgIpc) is 1.88. The van der Waals surface area contributed by atoms with Gasteiger partial charge >= 0.3 is 27.0 Å². The molecule has 0 atom stereocenters. The van der Waals surface area contributed by atoms with Crippen LogP contribution in [0.5, 0.6) is 5.75 Å². The van der Waals surface area contributed by atoms with Gasteiger partial charge in [-0.05, 0) is 12.1 Å². The summed E-state index contributed by atoms with van der Waals surface area (Å²) >= 11 is 0. The van der Waals surface area contributed by atoms with Gasteiger partial charge in [-0.3, -0.25) is 0 Å². The van der Waals surface area contributed by atoms with E-state index in [2.05, 4.69) is 0 Å². The Bertz CT molecular complexity index is 268. The summed E-state index contributed by atoms with van der Waals surface area (Å²) in [5.74, 6) is -1.31. The van der Waals surface area contributed by atoms with Crippen LogP contribution in [0, 0.1) is 0 Å². The van der Waals surface area contributed by atoms with E-state index in [1.807, 2.05) is 0 Å². The third kappa shape index (κ3) is 4.62. The van der Waals surface area contributed by atoms with Gasteiger partial charge in [0.05, 0.1) is 0 Å². The quantitative estimate of drug-likeness (QED) is 0.794. The molecule has 0 aliphatic rings. The normalized spacial score (nSPS) is 7.08. The van der Waals surface area contributed by atoms with E-state index in [1.54, 1.807) is 12.1 Å². The largest absolute Gasteiger partial charge is 2.00 e. The molecule has 0 aliphatic heterocycles. The predicted molar refractivity (Wildman–Crippen MR) is 45.6 cm³/mol. The minimum atomic E-state index is -1.11. The minimum Gasteiger partial charge on any atom is -0.693 e. The summed E-state index contributed by atoms with van der Waals surface area (Å²) in [4.78, 5) is 10.3. The molecule has 13 heavy (non-hydrogen) atoms. The second kappa shape index (κ2) is 7.73. The van der Waals surface area contributed by atoms with E-state index in [1.165, 1.54) is 12.1 Å². The number of nitrogens with two attached hydrogens (primary N) is 2. The fraction of sp³-hybridized carbons (Fsp3) is 0. The van der Waals surface area contributed by atoms with E-state index in [4.69, 9.17) is 10.2 Å². The maximum Gasteiger partial charge on any atom is 2.00 e. The van der Waals surface area contributed by atoms with E-state index < -0.39 is 5.97 Å². The summed E-state index contributed by atoms with van der Waals surface area (Å²) in [5.41, 5.74) is -0.0671. The van der Waals surface area contributed by atoms with Crippen LogP contribution in [0.3, 0.4) is 0 Å². The van der Waals surface area contributed by atoms with Gasteiger partial charge in [0.15, 0.2) is 0 Å². The van der Waals surface area contributed by atoms with Gasteiger partial charge in [0.1, 0.15) is 11.3 Å². The van der Waals surface area contributed by atoms with E-state index in [-0.39, 0.29) is 44.7 Å². The van der Waals surface area contributed by atoms with Gasteiger partial charge in [-0.25, -0.2) is 4.79 Å². The van der Waals surface area contributed by atoms with E-state index in [0.29, 0.717) is 0 Å². The van der Waals surface area contributed by atoms with Crippen molar-refractivity contribution in [1.82, 2.24) is 0 Å². The Balaban J connectivity index is -0.000000333. The van der Waals surface area contributed by atoms with Crippen LogP contribution in [0.15, 0.2) is 24.3 Å². The van der Waals surface area contributed by atoms with Crippen molar-refractivity contribution in [2.75, 3.05) is 0 Å². The Hall–Kier alpha value is -0.902. The van der Waals surface area contributed by atoms with Crippen LogP contribution >= 0.6 is 0 Å². The Morgan fingerprint density at radius 1 is 1.15 bits per heavy atom. The smallest absolute Gasteiger partial charge is 0.693 e. The van der Waals surface area contributed by atoms with E-state index in [0.717, 1.165) is 0 Å². The first-order chi connectivity index (χ1) is 4.72. The SMILES string of the molecule is O=C(O)c1ccccc1O.[NH2-].[NH2-].[Pt+2]. The minimum absolute atomic E-state index is 0. The zero-order valence-corrected chi connectivity index (χ0v) is 8.86. The van der Waals surface area contributed by atoms with Crippen molar-refractivity contribution in [3.05, 3.63) is 42.1 Å². The fourth-order valence-corrected chi connectivity index (χ4v) is 0.654. The van der Waals surface area contributed by atoms with Crippen molar-refractivity contribution in [1.29, 1.82) is 0 Å². The maximum atomic E-state index is 10.3. The predicted octanol–water partition coefficient (Wildman–Crippen LogP) is 2.52. The molecule has 76 valence electrons. The average molecular weight is 365 g/mol. The number of carboxylic acid groups (broad SMARTS) is 1. The van der Waals surface area contributed by atoms with Crippen molar-refractivity contribution < 1.29 is 36.1 Å². The van der Waals surface area contributed by atoms with Crippen LogP contribution in [0.25, 0.3) is 12.3 Å². The molecule has 0 radical (unpaired) electrons. The molecule has 1 aromatic rings. The Morgan fingerprint density at radius 2 is 1.62 bits per heavy atom. The summed E-state index contributed by atoms with van der Waals surface area (Å²) in [7, 11) is 0. The molecule has 1 aromatic carbocycles. The molecule has 0 amide bonds. The van der Waals surface area contributed by atoms with E-state index in [9.17, 15) is 4.79 Å². The van der Waals surface area contributed by atoms with Crippen LogP contribution in [-0.4, -0.2) is 16.2 Å². The summed E-state index contributed by atoms with van der Waals surface area (Å²) in [6, 6.07) is 5.81. The number of phenols is 1. The summed E-state index contributed by atoms with van der Waals surface area (Å²) in [6.45, 7) is 0. The van der Waals surface area contributed by atoms with Gasteiger partial charge in [0, 0.05) is 0 Å². The topological polar surface area (TPSA) is 125 Å². The Labute approximate surface area is 90.2 Å². The van der Waals surface area contributed by atoms with Crippen molar-refractivity contribution in [2.24, 2.45) is 0 Å². The molecule has 0 fully saturated rings. The van der Waals surface area contributed by atoms with Crippen LogP contribution in [0.4, 0.5) is 0 Å². The zero-order chi connectivity index (χ0) is 7.56. The number of benzene rings is 1. The Morgan fingerprint density at radius 3 is 1.92 bits per heavy atom. The van der Waals surface area contributed by atoms with Gasteiger partial charge < -0.3 is 22.5 Å². The molecule has 0 aromatic heterocycles. The number of aromatic carboxylic acids is 1. The molecule has 0 saturated heterocycles. The number of hydrogen-bond acceptors (Lipinski definition) is 2. The zero-order valence-electron chi connectivity index (χ0n) is 6.58. The molecule has 5 nitrogen and oxygen atoms in total. The molecule has 0 heterocycles. The number of para-hydroxylation sites is 1. The molecular formula is C7H10N2O3Pt. The summed E-state index contributed by atoms with van der Waals surface area (Å²) in [6.07, 6.45) is 0. The summed E-state index contributed by atoms with van der Waals surface area (Å²) in [5, 5.41) is 17.3. The number of aromatic hydroxyl groups is 1. The number of rotatable bonds is 1.